The van der Waals surface area contributed by atoms with Gasteiger partial charge in [0, 0.05) is 11.3 Å². The minimum atomic E-state index is -4.02. The summed E-state index contributed by atoms with van der Waals surface area (Å²) in [6, 6.07) is 21.8. The van der Waals surface area contributed by atoms with E-state index in [9.17, 15) is 18.0 Å². The number of amides is 1. The molecule has 0 radical (unpaired) electrons. The van der Waals surface area contributed by atoms with E-state index in [-0.39, 0.29) is 4.90 Å². The molecular formula is C23H22N2O5S. The van der Waals surface area contributed by atoms with Crippen LogP contribution in [0.3, 0.4) is 0 Å². The minimum Gasteiger partial charge on any atom is -0.447 e. The Hall–Kier alpha value is -3.49. The van der Waals surface area contributed by atoms with E-state index in [4.69, 9.17) is 4.74 Å². The Morgan fingerprint density at radius 2 is 1.45 bits per heavy atom. The van der Waals surface area contributed by atoms with E-state index >= 15 is 0 Å². The van der Waals surface area contributed by atoms with Crippen LogP contribution in [-0.2, 0) is 14.8 Å². The van der Waals surface area contributed by atoms with Crippen LogP contribution in [0.2, 0.25) is 0 Å². The number of Topliss-reactive ketones (excluding diaryl/α,β-unsaturated/α-hetero) is 1. The summed E-state index contributed by atoms with van der Waals surface area (Å²) in [5.41, 5.74) is 1.71. The van der Waals surface area contributed by atoms with Gasteiger partial charge in [-0.25, -0.2) is 13.2 Å². The standard InChI is InChI=1S/C23H22N2O5S/c1-17-12-14-20(15-13-17)31(28,29)25-21(22(26)18-8-4-2-5-9-18)16-30-23(27)24-19-10-6-3-7-11-19/h2-15,21,25H,16H2,1H3,(H,24,27)/t21-/m1/s1. The van der Waals surface area contributed by atoms with E-state index in [1.165, 1.54) is 12.1 Å². The summed E-state index contributed by atoms with van der Waals surface area (Å²) in [5, 5.41) is 2.53. The third-order valence-corrected chi connectivity index (χ3v) is 5.89. The third kappa shape index (κ3) is 6.24. The summed E-state index contributed by atoms with van der Waals surface area (Å²) < 4.78 is 33.1. The van der Waals surface area contributed by atoms with Gasteiger partial charge in [-0.1, -0.05) is 66.2 Å². The van der Waals surface area contributed by atoms with Crippen LogP contribution in [0.15, 0.2) is 89.8 Å². The summed E-state index contributed by atoms with van der Waals surface area (Å²) in [7, 11) is -4.02. The Balaban J connectivity index is 1.77. The Kier molecular flexibility index (Phi) is 7.17. The first-order chi connectivity index (χ1) is 14.8. The van der Waals surface area contributed by atoms with Gasteiger partial charge in [0.05, 0.1) is 4.90 Å². The summed E-state index contributed by atoms with van der Waals surface area (Å²) in [6.07, 6.45) is -0.799. The number of aryl methyl sites for hydroxylation is 1. The largest absolute Gasteiger partial charge is 0.447 e. The fourth-order valence-corrected chi connectivity index (χ4v) is 3.95. The van der Waals surface area contributed by atoms with E-state index in [2.05, 4.69) is 10.0 Å². The predicted molar refractivity (Wildman–Crippen MR) is 117 cm³/mol. The number of ether oxygens (including phenoxy) is 1. The molecule has 0 saturated carbocycles. The molecule has 3 aromatic rings. The van der Waals surface area contributed by atoms with Gasteiger partial charge in [0.2, 0.25) is 10.0 Å². The zero-order chi connectivity index (χ0) is 22.3. The molecule has 0 spiro atoms. The lowest BCUT2D eigenvalue weighted by molar-refractivity contribution is 0.0893. The quantitative estimate of drug-likeness (QED) is 0.521. The Bertz CT molecular complexity index is 1130. The third-order valence-electron chi connectivity index (χ3n) is 4.40. The zero-order valence-corrected chi connectivity index (χ0v) is 17.6. The lowest BCUT2D eigenvalue weighted by Crippen LogP contribution is -2.44. The van der Waals surface area contributed by atoms with Gasteiger partial charge in [-0.15, -0.1) is 0 Å². The van der Waals surface area contributed by atoms with Gasteiger partial charge in [0.1, 0.15) is 12.6 Å². The fourth-order valence-electron chi connectivity index (χ4n) is 2.77. The number of anilines is 1. The molecule has 3 rings (SSSR count). The number of ketones is 1. The number of hydrogen-bond donors (Lipinski definition) is 2. The Labute approximate surface area is 181 Å². The number of rotatable bonds is 8. The second-order valence-electron chi connectivity index (χ2n) is 6.81. The van der Waals surface area contributed by atoms with Gasteiger partial charge in [0.25, 0.3) is 0 Å². The van der Waals surface area contributed by atoms with Crippen LogP contribution in [0, 0.1) is 6.92 Å². The molecule has 0 aliphatic rings. The minimum absolute atomic E-state index is 0.0118. The average molecular weight is 439 g/mol. The maximum Gasteiger partial charge on any atom is 0.411 e. The molecule has 0 bridgehead atoms. The molecule has 31 heavy (non-hydrogen) atoms. The molecule has 2 N–H and O–H groups in total. The predicted octanol–water partition coefficient (Wildman–Crippen LogP) is 3.77. The van der Waals surface area contributed by atoms with Crippen LogP contribution >= 0.6 is 0 Å². The van der Waals surface area contributed by atoms with Crippen molar-refractivity contribution in [2.75, 3.05) is 11.9 Å². The van der Waals surface area contributed by atoms with Crippen molar-refractivity contribution >= 4 is 27.6 Å². The van der Waals surface area contributed by atoms with Crippen molar-refractivity contribution in [2.24, 2.45) is 0 Å². The van der Waals surface area contributed by atoms with Crippen LogP contribution in [0.5, 0.6) is 0 Å². The average Bonchev–Trinajstić information content (AvgIpc) is 2.77. The van der Waals surface area contributed by atoms with Gasteiger partial charge in [-0.05, 0) is 31.2 Å². The molecule has 0 unspecified atom stereocenters. The summed E-state index contributed by atoms with van der Waals surface area (Å²) >= 11 is 0. The molecule has 0 fully saturated rings. The van der Waals surface area contributed by atoms with Crippen molar-refractivity contribution in [3.05, 3.63) is 96.1 Å². The molecule has 160 valence electrons. The van der Waals surface area contributed by atoms with Gasteiger partial charge in [0.15, 0.2) is 5.78 Å². The van der Waals surface area contributed by atoms with E-state index in [1.807, 2.05) is 6.92 Å². The lowest BCUT2D eigenvalue weighted by Gasteiger charge is -2.18. The second kappa shape index (κ2) is 10.0. The molecule has 0 aliphatic heterocycles. The second-order valence-corrected chi connectivity index (χ2v) is 8.52. The van der Waals surface area contributed by atoms with Crippen molar-refractivity contribution in [2.45, 2.75) is 17.9 Å². The topological polar surface area (TPSA) is 102 Å². The van der Waals surface area contributed by atoms with Crippen LogP contribution in [0.25, 0.3) is 0 Å². The van der Waals surface area contributed by atoms with Crippen molar-refractivity contribution in [3.8, 4) is 0 Å². The van der Waals surface area contributed by atoms with Gasteiger partial charge in [-0.3, -0.25) is 10.1 Å². The summed E-state index contributed by atoms with van der Waals surface area (Å²) in [6.45, 7) is 1.36. The number of carbonyl (C=O) groups is 2. The van der Waals surface area contributed by atoms with E-state index < -0.39 is 34.5 Å². The maximum atomic E-state index is 12.9. The molecule has 0 aromatic heterocycles. The van der Waals surface area contributed by atoms with E-state index in [0.29, 0.717) is 11.3 Å². The molecule has 7 nitrogen and oxygen atoms in total. The zero-order valence-electron chi connectivity index (χ0n) is 16.8. The maximum absolute atomic E-state index is 12.9. The number of nitrogens with one attached hydrogen (secondary N) is 2. The number of hydrogen-bond acceptors (Lipinski definition) is 5. The molecule has 0 aliphatic carbocycles. The van der Waals surface area contributed by atoms with Gasteiger partial charge >= 0.3 is 6.09 Å². The van der Waals surface area contributed by atoms with Crippen molar-refractivity contribution < 1.29 is 22.7 Å². The summed E-state index contributed by atoms with van der Waals surface area (Å²) in [5.74, 6) is -0.510. The monoisotopic (exact) mass is 438 g/mol. The molecule has 3 aromatic carbocycles. The van der Waals surface area contributed by atoms with Gasteiger partial charge in [-0.2, -0.15) is 4.72 Å². The van der Waals surface area contributed by atoms with Crippen molar-refractivity contribution in [1.29, 1.82) is 0 Å². The number of sulfonamides is 1. The highest BCUT2D eigenvalue weighted by Gasteiger charge is 2.28. The number of benzene rings is 3. The Morgan fingerprint density at radius 1 is 0.871 bits per heavy atom. The number of para-hydroxylation sites is 1. The van der Waals surface area contributed by atoms with Crippen molar-refractivity contribution in [1.82, 2.24) is 4.72 Å². The first-order valence-electron chi connectivity index (χ1n) is 9.52. The lowest BCUT2D eigenvalue weighted by atomic mass is 10.1. The fraction of sp³-hybridized carbons (Fsp3) is 0.130. The highest BCUT2D eigenvalue weighted by atomic mass is 32.2. The van der Waals surface area contributed by atoms with Crippen LogP contribution in [-0.4, -0.2) is 32.9 Å². The summed E-state index contributed by atoms with van der Waals surface area (Å²) in [4.78, 5) is 25.1. The van der Waals surface area contributed by atoms with E-state index in [0.717, 1.165) is 5.56 Å². The first-order valence-corrected chi connectivity index (χ1v) is 11.0. The van der Waals surface area contributed by atoms with Crippen molar-refractivity contribution in [3.63, 3.8) is 0 Å². The van der Waals surface area contributed by atoms with Crippen LogP contribution in [0.4, 0.5) is 10.5 Å². The normalized spacial score (nSPS) is 12.0. The molecule has 1 atom stereocenters. The highest BCUT2D eigenvalue weighted by Crippen LogP contribution is 2.13. The SMILES string of the molecule is Cc1ccc(S(=O)(=O)N[C@H](COC(=O)Nc2ccccc2)C(=O)c2ccccc2)cc1. The van der Waals surface area contributed by atoms with Gasteiger partial charge < -0.3 is 4.74 Å². The van der Waals surface area contributed by atoms with Crippen LogP contribution in [0.1, 0.15) is 15.9 Å². The molecule has 0 heterocycles. The van der Waals surface area contributed by atoms with Crippen LogP contribution < -0.4 is 10.0 Å². The molecule has 1 amide bonds. The first kappa shape index (κ1) is 22.2. The smallest absolute Gasteiger partial charge is 0.411 e. The molecular weight excluding hydrogens is 416 g/mol. The molecule has 8 heteroatoms. The molecule has 0 saturated heterocycles. The highest BCUT2D eigenvalue weighted by molar-refractivity contribution is 7.89. The van der Waals surface area contributed by atoms with E-state index in [1.54, 1.807) is 72.8 Å². The Morgan fingerprint density at radius 3 is 2.06 bits per heavy atom. The number of carbonyl (C=O) groups excluding carboxylic acids is 2.